The molecule has 3 atom stereocenters. The number of nitrogens with one attached hydrogen (secondary N) is 1. The number of fused-ring (bicyclic) bond motifs is 1. The third-order valence-electron chi connectivity index (χ3n) is 6.11. The van der Waals surface area contributed by atoms with Gasteiger partial charge in [0.25, 0.3) is 0 Å². The quantitative estimate of drug-likeness (QED) is 0.631. The highest BCUT2D eigenvalue weighted by Crippen LogP contribution is 2.42. The molecule has 0 unspecified atom stereocenters. The van der Waals surface area contributed by atoms with Crippen molar-refractivity contribution in [3.05, 3.63) is 35.6 Å². The predicted molar refractivity (Wildman–Crippen MR) is 103 cm³/mol. The van der Waals surface area contributed by atoms with E-state index >= 15 is 0 Å². The molecule has 4 rings (SSSR count). The summed E-state index contributed by atoms with van der Waals surface area (Å²) in [4.78, 5) is 23.0. The zero-order chi connectivity index (χ0) is 24.4. The van der Waals surface area contributed by atoms with Crippen molar-refractivity contribution in [3.63, 3.8) is 0 Å². The molecule has 2 N–H and O–H groups in total. The van der Waals surface area contributed by atoms with Crippen LogP contribution in [0.4, 0.5) is 26.3 Å². The van der Waals surface area contributed by atoms with Crippen molar-refractivity contribution in [2.24, 2.45) is 17.8 Å². The Labute approximate surface area is 185 Å². The number of halogens is 6. The minimum absolute atomic E-state index is 0.0942. The number of carbonyl (C=O) groups is 2. The first kappa shape index (κ1) is 25.3. The van der Waals surface area contributed by atoms with Crippen LogP contribution in [-0.4, -0.2) is 66.3 Å². The van der Waals surface area contributed by atoms with Gasteiger partial charge in [-0.3, -0.25) is 9.69 Å². The molecule has 1 aliphatic carbocycles. The van der Waals surface area contributed by atoms with Crippen LogP contribution in [0.3, 0.4) is 0 Å². The van der Waals surface area contributed by atoms with E-state index in [0.29, 0.717) is 25.3 Å². The smallest absolute Gasteiger partial charge is 0.475 e. The lowest BCUT2D eigenvalue weighted by Crippen LogP contribution is -2.46. The van der Waals surface area contributed by atoms with Crippen LogP contribution in [0.25, 0.3) is 0 Å². The van der Waals surface area contributed by atoms with Gasteiger partial charge in [0.1, 0.15) is 5.82 Å². The molecule has 3 fully saturated rings. The standard InChI is InChI=1S/C19H23F3N2O2.C2HF3O2/c20-16-4-2-1-3-12(16)8-24-9-15-14(11-26-17(15)10-24)7-23-18(25)13-5-19(21,22)6-13;3-2(4,5)1(6)7/h1-4,13-15,17H,5-11H2,(H,23,25);(H,6,7)/t14-,15-,17-;/m1./s1. The minimum Gasteiger partial charge on any atom is -0.475 e. The fraction of sp³-hybridized carbons (Fsp3) is 0.619. The Morgan fingerprint density at radius 3 is 2.39 bits per heavy atom. The second-order valence-corrected chi connectivity index (χ2v) is 8.59. The van der Waals surface area contributed by atoms with Gasteiger partial charge in [0.15, 0.2) is 0 Å². The van der Waals surface area contributed by atoms with E-state index in [2.05, 4.69) is 10.2 Å². The van der Waals surface area contributed by atoms with Crippen LogP contribution < -0.4 is 5.32 Å². The van der Waals surface area contributed by atoms with Crippen LogP contribution in [-0.2, 0) is 20.9 Å². The summed E-state index contributed by atoms with van der Waals surface area (Å²) in [5.74, 6) is -6.02. The highest BCUT2D eigenvalue weighted by atomic mass is 19.4. The summed E-state index contributed by atoms with van der Waals surface area (Å²) < 4.78 is 77.2. The van der Waals surface area contributed by atoms with Gasteiger partial charge < -0.3 is 15.2 Å². The lowest BCUT2D eigenvalue weighted by Gasteiger charge is -2.34. The van der Waals surface area contributed by atoms with Crippen molar-refractivity contribution in [1.29, 1.82) is 0 Å². The molecule has 0 bridgehead atoms. The summed E-state index contributed by atoms with van der Waals surface area (Å²) in [5.41, 5.74) is 0.670. The average Bonchev–Trinajstić information content (AvgIpc) is 3.26. The number of carbonyl (C=O) groups excluding carboxylic acids is 1. The zero-order valence-corrected chi connectivity index (χ0v) is 17.5. The van der Waals surface area contributed by atoms with Gasteiger partial charge in [0, 0.05) is 62.3 Å². The first-order chi connectivity index (χ1) is 15.4. The van der Waals surface area contributed by atoms with Crippen molar-refractivity contribution < 1.29 is 45.8 Å². The summed E-state index contributed by atoms with van der Waals surface area (Å²) >= 11 is 0. The molecule has 1 saturated carbocycles. The summed E-state index contributed by atoms with van der Waals surface area (Å²) in [7, 11) is 0. The highest BCUT2D eigenvalue weighted by Gasteiger charge is 2.49. The number of nitrogens with zero attached hydrogens (tertiary/aromatic N) is 1. The van der Waals surface area contributed by atoms with E-state index in [4.69, 9.17) is 14.6 Å². The molecule has 184 valence electrons. The normalized spacial score (nSPS) is 26.7. The Bertz CT molecular complexity index is 857. The second kappa shape index (κ2) is 9.88. The van der Waals surface area contributed by atoms with Crippen LogP contribution in [0, 0.1) is 23.6 Å². The largest absolute Gasteiger partial charge is 0.490 e. The van der Waals surface area contributed by atoms with E-state index in [1.807, 2.05) is 6.07 Å². The van der Waals surface area contributed by atoms with Gasteiger partial charge in [-0.05, 0) is 6.07 Å². The lowest BCUT2D eigenvalue weighted by atomic mass is 9.80. The average molecular weight is 482 g/mol. The SMILES string of the molecule is O=C(NC[C@@H]1CO[C@@H]2CN(Cc3ccccc3F)C[C@H]12)C1CC(F)(F)C1.O=C(O)C(F)(F)F. The van der Waals surface area contributed by atoms with Gasteiger partial charge in [-0.2, -0.15) is 13.2 Å². The molecule has 12 heteroatoms. The number of amides is 1. The Kier molecular flexibility index (Phi) is 7.57. The molecule has 1 aromatic rings. The number of hydrogen-bond donors (Lipinski definition) is 2. The second-order valence-electron chi connectivity index (χ2n) is 8.59. The van der Waals surface area contributed by atoms with E-state index in [9.17, 15) is 31.1 Å². The first-order valence-corrected chi connectivity index (χ1v) is 10.4. The Morgan fingerprint density at radius 1 is 1.18 bits per heavy atom. The molecule has 1 aromatic carbocycles. The maximum absolute atomic E-state index is 13.8. The number of alkyl halides is 5. The molecule has 2 saturated heterocycles. The van der Waals surface area contributed by atoms with Crippen LogP contribution in [0.15, 0.2) is 24.3 Å². The number of ether oxygens (including phenoxy) is 1. The van der Waals surface area contributed by atoms with E-state index in [1.54, 1.807) is 12.1 Å². The molecule has 0 aromatic heterocycles. The summed E-state index contributed by atoms with van der Waals surface area (Å²) in [5, 5.41) is 9.94. The van der Waals surface area contributed by atoms with Gasteiger partial charge in [-0.1, -0.05) is 18.2 Å². The topological polar surface area (TPSA) is 78.9 Å². The molecule has 2 aliphatic heterocycles. The number of benzene rings is 1. The molecular formula is C21H24F6N2O4. The lowest BCUT2D eigenvalue weighted by molar-refractivity contribution is -0.192. The summed E-state index contributed by atoms with van der Waals surface area (Å²) in [6.07, 6.45) is -5.68. The van der Waals surface area contributed by atoms with Gasteiger partial charge in [-0.15, -0.1) is 0 Å². The van der Waals surface area contributed by atoms with E-state index in [1.165, 1.54) is 6.07 Å². The molecule has 3 aliphatic rings. The monoisotopic (exact) mass is 482 g/mol. The molecule has 0 radical (unpaired) electrons. The van der Waals surface area contributed by atoms with Crippen LogP contribution in [0.1, 0.15) is 18.4 Å². The van der Waals surface area contributed by atoms with Gasteiger partial charge in [0.2, 0.25) is 11.8 Å². The number of carboxylic acids is 1. The van der Waals surface area contributed by atoms with Crippen molar-refractivity contribution in [1.82, 2.24) is 10.2 Å². The summed E-state index contributed by atoms with van der Waals surface area (Å²) in [6, 6.07) is 6.76. The van der Waals surface area contributed by atoms with Crippen molar-refractivity contribution >= 4 is 11.9 Å². The van der Waals surface area contributed by atoms with Crippen molar-refractivity contribution in [2.75, 3.05) is 26.2 Å². The van der Waals surface area contributed by atoms with Gasteiger partial charge in [-0.25, -0.2) is 18.0 Å². The Balaban J connectivity index is 0.000000383. The Hall–Kier alpha value is -2.34. The van der Waals surface area contributed by atoms with Gasteiger partial charge in [0.05, 0.1) is 12.7 Å². The number of likely N-dealkylation sites (tertiary alicyclic amines) is 1. The first-order valence-electron chi connectivity index (χ1n) is 10.4. The zero-order valence-electron chi connectivity index (χ0n) is 17.5. The number of carboxylic acid groups (broad SMARTS) is 1. The molecule has 33 heavy (non-hydrogen) atoms. The third-order valence-corrected chi connectivity index (χ3v) is 6.11. The third kappa shape index (κ3) is 6.59. The fourth-order valence-electron chi connectivity index (χ4n) is 4.31. The highest BCUT2D eigenvalue weighted by molar-refractivity contribution is 5.79. The molecule has 6 nitrogen and oxygen atoms in total. The molecular weight excluding hydrogens is 458 g/mol. The number of rotatable bonds is 5. The van der Waals surface area contributed by atoms with Gasteiger partial charge >= 0.3 is 12.1 Å². The van der Waals surface area contributed by atoms with E-state index in [0.717, 1.165) is 13.1 Å². The molecule has 2 heterocycles. The number of aliphatic carboxylic acids is 1. The minimum atomic E-state index is -5.08. The maximum atomic E-state index is 13.8. The van der Waals surface area contributed by atoms with E-state index in [-0.39, 0.29) is 42.5 Å². The molecule has 0 spiro atoms. The van der Waals surface area contributed by atoms with Crippen molar-refractivity contribution in [3.8, 4) is 0 Å². The van der Waals surface area contributed by atoms with E-state index < -0.39 is 24.0 Å². The number of hydrogen-bond acceptors (Lipinski definition) is 4. The predicted octanol–water partition coefficient (Wildman–Crippen LogP) is 3.07. The summed E-state index contributed by atoms with van der Waals surface area (Å²) in [6.45, 7) is 3.11. The van der Waals surface area contributed by atoms with Crippen LogP contribution >= 0.6 is 0 Å². The maximum Gasteiger partial charge on any atom is 0.490 e. The van der Waals surface area contributed by atoms with Crippen molar-refractivity contribution in [2.45, 2.75) is 37.6 Å². The molecule has 1 amide bonds. The fourth-order valence-corrected chi connectivity index (χ4v) is 4.31. The van der Waals surface area contributed by atoms with Crippen LogP contribution in [0.2, 0.25) is 0 Å². The van der Waals surface area contributed by atoms with Crippen LogP contribution in [0.5, 0.6) is 0 Å². The Morgan fingerprint density at radius 2 is 1.82 bits per heavy atom.